The molecule has 1 N–H and O–H groups in total. The lowest BCUT2D eigenvalue weighted by Gasteiger charge is -2.38. The van der Waals surface area contributed by atoms with E-state index in [4.69, 9.17) is 49.4 Å². The molecule has 0 bridgehead atoms. The number of phenols is 1. The fourth-order valence-corrected chi connectivity index (χ4v) is 4.74. The predicted molar refractivity (Wildman–Crippen MR) is 122 cm³/mol. The van der Waals surface area contributed by atoms with Gasteiger partial charge in [0.25, 0.3) is 0 Å². The van der Waals surface area contributed by atoms with Gasteiger partial charge < -0.3 is 14.6 Å². The lowest BCUT2D eigenvalue weighted by molar-refractivity contribution is -0.0202. The molecular formula is C23H17Cl3N2O3. The van der Waals surface area contributed by atoms with E-state index in [1.54, 1.807) is 31.4 Å². The summed E-state index contributed by atoms with van der Waals surface area (Å²) >= 11 is 19.0. The first-order chi connectivity index (χ1) is 14.9. The van der Waals surface area contributed by atoms with E-state index < -0.39 is 6.23 Å². The Hall–Kier alpha value is -2.60. The van der Waals surface area contributed by atoms with Crippen molar-refractivity contribution >= 4 is 40.5 Å². The third-order valence-electron chi connectivity index (χ3n) is 5.49. The molecule has 158 valence electrons. The maximum Gasteiger partial charge on any atom is 0.217 e. The molecule has 0 unspecified atom stereocenters. The number of rotatable bonds is 3. The molecule has 2 atom stereocenters. The third-order valence-corrected chi connectivity index (χ3v) is 6.22. The van der Waals surface area contributed by atoms with Crippen LogP contribution in [-0.4, -0.2) is 22.9 Å². The molecule has 0 amide bonds. The molecule has 0 radical (unpaired) electrons. The number of fused-ring (bicyclic) bond motifs is 3. The summed E-state index contributed by atoms with van der Waals surface area (Å²) in [4.78, 5) is 0. The zero-order chi connectivity index (χ0) is 21.7. The number of halogens is 3. The van der Waals surface area contributed by atoms with Gasteiger partial charge in [-0.15, -0.1) is 0 Å². The molecule has 0 aliphatic carbocycles. The van der Waals surface area contributed by atoms with Crippen LogP contribution in [0.25, 0.3) is 0 Å². The molecule has 2 aliphatic heterocycles. The second kappa shape index (κ2) is 7.83. The molecule has 31 heavy (non-hydrogen) atoms. The molecule has 2 aliphatic rings. The highest BCUT2D eigenvalue weighted by Crippen LogP contribution is 2.52. The second-order valence-corrected chi connectivity index (χ2v) is 8.63. The van der Waals surface area contributed by atoms with E-state index >= 15 is 0 Å². The minimum absolute atomic E-state index is 0.0646. The Bertz CT molecular complexity index is 1200. The molecule has 0 saturated carbocycles. The van der Waals surface area contributed by atoms with Gasteiger partial charge in [-0.2, -0.15) is 5.10 Å². The first-order valence-corrected chi connectivity index (χ1v) is 10.7. The molecule has 0 aromatic heterocycles. The van der Waals surface area contributed by atoms with Crippen molar-refractivity contribution in [2.75, 3.05) is 7.11 Å². The number of nitrogens with zero attached hydrogens (tertiary/aromatic N) is 2. The van der Waals surface area contributed by atoms with Gasteiger partial charge in [0.05, 0.1) is 29.4 Å². The largest absolute Gasteiger partial charge is 0.507 e. The fraction of sp³-hybridized carbons (Fsp3) is 0.174. The average Bonchev–Trinajstić information content (AvgIpc) is 3.21. The highest BCUT2D eigenvalue weighted by Gasteiger charge is 2.43. The standard InChI is InChI=1S/C23H17Cl3N2O3/c1-30-15-5-2-12(3-6-15)19-11-20-16-9-14(25)10-18(26)22(16)31-23(28(20)27-19)17-8-13(24)4-7-21(17)29/h2-10,20,23,29H,11H2,1H3/t20-,23-/m0/s1. The van der Waals surface area contributed by atoms with E-state index in [0.29, 0.717) is 32.8 Å². The summed E-state index contributed by atoms with van der Waals surface area (Å²) < 4.78 is 11.5. The van der Waals surface area contributed by atoms with Crippen LogP contribution in [0, 0.1) is 0 Å². The number of hydrazone groups is 1. The summed E-state index contributed by atoms with van der Waals surface area (Å²) in [6.45, 7) is 0. The molecule has 2 heterocycles. The first-order valence-electron chi connectivity index (χ1n) is 9.59. The fourth-order valence-electron chi connectivity index (χ4n) is 4.00. The Kier molecular flexibility index (Phi) is 5.13. The van der Waals surface area contributed by atoms with Gasteiger partial charge in [-0.25, -0.2) is 5.01 Å². The second-order valence-electron chi connectivity index (χ2n) is 7.35. The zero-order valence-corrected chi connectivity index (χ0v) is 18.6. The summed E-state index contributed by atoms with van der Waals surface area (Å²) in [7, 11) is 1.63. The van der Waals surface area contributed by atoms with Crippen LogP contribution < -0.4 is 9.47 Å². The normalized spacial score (nSPS) is 19.4. The summed E-state index contributed by atoms with van der Waals surface area (Å²) in [6.07, 6.45) is -0.0809. The van der Waals surface area contributed by atoms with Gasteiger partial charge in [-0.1, -0.05) is 34.8 Å². The summed E-state index contributed by atoms with van der Waals surface area (Å²) in [5, 5.41) is 18.6. The molecule has 5 rings (SSSR count). The molecule has 0 saturated heterocycles. The highest BCUT2D eigenvalue weighted by molar-refractivity contribution is 6.35. The van der Waals surface area contributed by atoms with Crippen LogP contribution in [0.4, 0.5) is 0 Å². The van der Waals surface area contributed by atoms with Gasteiger partial charge in [-0.3, -0.25) is 0 Å². The molecule has 8 heteroatoms. The van der Waals surface area contributed by atoms with Crippen molar-refractivity contribution in [1.29, 1.82) is 0 Å². The molecule has 0 spiro atoms. The number of hydrogen-bond acceptors (Lipinski definition) is 5. The van der Waals surface area contributed by atoms with E-state index in [1.165, 1.54) is 0 Å². The molecule has 0 fully saturated rings. The number of methoxy groups -OCH3 is 1. The van der Waals surface area contributed by atoms with Crippen molar-refractivity contribution in [1.82, 2.24) is 5.01 Å². The Morgan fingerprint density at radius 2 is 1.74 bits per heavy atom. The van der Waals surface area contributed by atoms with Gasteiger partial charge >= 0.3 is 0 Å². The van der Waals surface area contributed by atoms with E-state index in [1.807, 2.05) is 35.3 Å². The average molecular weight is 476 g/mol. The minimum atomic E-state index is -0.703. The van der Waals surface area contributed by atoms with E-state index in [2.05, 4.69) is 0 Å². The lowest BCUT2D eigenvalue weighted by Crippen LogP contribution is -2.34. The Balaban J connectivity index is 1.63. The van der Waals surface area contributed by atoms with Crippen LogP contribution in [0.5, 0.6) is 17.2 Å². The van der Waals surface area contributed by atoms with Gasteiger partial charge in [0, 0.05) is 22.0 Å². The minimum Gasteiger partial charge on any atom is -0.507 e. The Morgan fingerprint density at radius 1 is 1.00 bits per heavy atom. The van der Waals surface area contributed by atoms with E-state index in [-0.39, 0.29) is 11.8 Å². The molecule has 5 nitrogen and oxygen atoms in total. The van der Waals surface area contributed by atoms with Crippen molar-refractivity contribution in [2.24, 2.45) is 5.10 Å². The monoisotopic (exact) mass is 474 g/mol. The smallest absolute Gasteiger partial charge is 0.217 e. The quantitative estimate of drug-likeness (QED) is 0.463. The topological polar surface area (TPSA) is 54.3 Å². The van der Waals surface area contributed by atoms with Crippen LogP contribution in [0.2, 0.25) is 15.1 Å². The van der Waals surface area contributed by atoms with Crippen molar-refractivity contribution < 1.29 is 14.6 Å². The van der Waals surface area contributed by atoms with Gasteiger partial charge in [0.2, 0.25) is 6.23 Å². The SMILES string of the molecule is COc1ccc(C2=NN3[C@@H](C2)c2cc(Cl)cc(Cl)c2O[C@H]3c2cc(Cl)ccc2O)cc1. The van der Waals surface area contributed by atoms with Crippen molar-refractivity contribution in [3.8, 4) is 17.2 Å². The summed E-state index contributed by atoms with van der Waals surface area (Å²) in [6, 6.07) is 15.9. The summed E-state index contributed by atoms with van der Waals surface area (Å²) in [5.41, 5.74) is 3.21. The highest BCUT2D eigenvalue weighted by atomic mass is 35.5. The lowest BCUT2D eigenvalue weighted by atomic mass is 9.95. The Morgan fingerprint density at radius 3 is 2.48 bits per heavy atom. The third kappa shape index (κ3) is 3.57. The van der Waals surface area contributed by atoms with Crippen molar-refractivity contribution in [3.63, 3.8) is 0 Å². The van der Waals surface area contributed by atoms with Crippen molar-refractivity contribution in [2.45, 2.75) is 18.7 Å². The number of hydrogen-bond donors (Lipinski definition) is 1. The number of benzene rings is 3. The van der Waals surface area contributed by atoms with Crippen LogP contribution in [0.3, 0.4) is 0 Å². The van der Waals surface area contributed by atoms with Gasteiger partial charge in [0.1, 0.15) is 17.2 Å². The van der Waals surface area contributed by atoms with Crippen LogP contribution in [-0.2, 0) is 0 Å². The van der Waals surface area contributed by atoms with Gasteiger partial charge in [-0.05, 0) is 60.2 Å². The number of ether oxygens (including phenoxy) is 2. The Labute approximate surface area is 194 Å². The summed E-state index contributed by atoms with van der Waals surface area (Å²) in [5.74, 6) is 1.37. The first kappa shape index (κ1) is 20.3. The van der Waals surface area contributed by atoms with Gasteiger partial charge in [0.15, 0.2) is 0 Å². The number of aromatic hydroxyl groups is 1. The predicted octanol–water partition coefficient (Wildman–Crippen LogP) is 6.60. The van der Waals surface area contributed by atoms with Crippen LogP contribution in [0.15, 0.2) is 59.7 Å². The van der Waals surface area contributed by atoms with Crippen LogP contribution >= 0.6 is 34.8 Å². The number of phenolic OH excluding ortho intramolecular Hbond substituents is 1. The van der Waals surface area contributed by atoms with Crippen LogP contribution in [0.1, 0.15) is 35.4 Å². The van der Waals surface area contributed by atoms with Crippen molar-refractivity contribution in [3.05, 3.63) is 86.4 Å². The van der Waals surface area contributed by atoms with E-state index in [0.717, 1.165) is 22.6 Å². The zero-order valence-electron chi connectivity index (χ0n) is 16.3. The molecule has 3 aromatic rings. The van der Waals surface area contributed by atoms with E-state index in [9.17, 15) is 5.11 Å². The molecular weight excluding hydrogens is 459 g/mol. The maximum absolute atomic E-state index is 10.5. The molecule has 3 aromatic carbocycles. The maximum atomic E-state index is 10.5.